The molecule has 4 heteroatoms. The van der Waals surface area contributed by atoms with Crippen LogP contribution >= 0.6 is 0 Å². The maximum Gasteiger partial charge on any atom is 0.223 e. The highest BCUT2D eigenvalue weighted by molar-refractivity contribution is 5.77. The first-order chi connectivity index (χ1) is 11.3. The number of amides is 1. The SMILES string of the molecule is COc1ccccc1C1CCCN1C(=O)CCc1ccccn1. The first-order valence-electron chi connectivity index (χ1n) is 8.12. The standard InChI is InChI=1S/C19H22N2O2/c1-23-18-10-3-2-8-16(18)17-9-6-14-21(17)19(22)12-11-15-7-4-5-13-20-15/h2-5,7-8,10,13,17H,6,9,11-12,14H2,1H3. The lowest BCUT2D eigenvalue weighted by Crippen LogP contribution is -2.31. The molecule has 1 fully saturated rings. The summed E-state index contributed by atoms with van der Waals surface area (Å²) in [5.74, 6) is 1.06. The van der Waals surface area contributed by atoms with E-state index in [9.17, 15) is 4.79 Å². The average molecular weight is 310 g/mol. The molecule has 23 heavy (non-hydrogen) atoms. The van der Waals surface area contributed by atoms with Crippen LogP contribution in [0.15, 0.2) is 48.7 Å². The minimum atomic E-state index is 0.127. The molecule has 120 valence electrons. The number of nitrogens with zero attached hydrogens (tertiary/aromatic N) is 2. The van der Waals surface area contributed by atoms with Crippen LogP contribution in [-0.2, 0) is 11.2 Å². The van der Waals surface area contributed by atoms with Gasteiger partial charge in [0.05, 0.1) is 13.2 Å². The normalized spacial score (nSPS) is 17.3. The van der Waals surface area contributed by atoms with Crippen LogP contribution in [0.25, 0.3) is 0 Å². The highest BCUT2D eigenvalue weighted by Gasteiger charge is 2.31. The van der Waals surface area contributed by atoms with E-state index in [1.165, 1.54) is 0 Å². The first kappa shape index (κ1) is 15.5. The van der Waals surface area contributed by atoms with Gasteiger partial charge < -0.3 is 9.64 Å². The molecule has 0 saturated carbocycles. The fraction of sp³-hybridized carbons (Fsp3) is 0.368. The molecule has 1 aliphatic heterocycles. The third-order valence-corrected chi connectivity index (χ3v) is 4.39. The topological polar surface area (TPSA) is 42.4 Å². The van der Waals surface area contributed by atoms with Gasteiger partial charge in [-0.15, -0.1) is 0 Å². The summed E-state index contributed by atoms with van der Waals surface area (Å²) < 4.78 is 5.47. The van der Waals surface area contributed by atoms with Crippen molar-refractivity contribution in [1.29, 1.82) is 0 Å². The Balaban J connectivity index is 1.70. The highest BCUT2D eigenvalue weighted by atomic mass is 16.5. The van der Waals surface area contributed by atoms with Gasteiger partial charge in [0.1, 0.15) is 5.75 Å². The minimum Gasteiger partial charge on any atom is -0.496 e. The Morgan fingerprint density at radius 1 is 1.26 bits per heavy atom. The van der Waals surface area contributed by atoms with Crippen molar-refractivity contribution in [2.75, 3.05) is 13.7 Å². The van der Waals surface area contributed by atoms with Gasteiger partial charge >= 0.3 is 0 Å². The van der Waals surface area contributed by atoms with Crippen LogP contribution in [0.3, 0.4) is 0 Å². The van der Waals surface area contributed by atoms with Crippen molar-refractivity contribution in [3.8, 4) is 5.75 Å². The van der Waals surface area contributed by atoms with Gasteiger partial charge in [-0.3, -0.25) is 9.78 Å². The molecular formula is C19H22N2O2. The van der Waals surface area contributed by atoms with E-state index in [0.717, 1.165) is 36.4 Å². The number of methoxy groups -OCH3 is 1. The molecule has 3 rings (SSSR count). The Kier molecular flexibility index (Phi) is 4.91. The number of ether oxygens (including phenoxy) is 1. The van der Waals surface area contributed by atoms with Gasteiger partial charge in [-0.2, -0.15) is 0 Å². The van der Waals surface area contributed by atoms with E-state index in [2.05, 4.69) is 11.1 Å². The number of pyridine rings is 1. The van der Waals surface area contributed by atoms with Crippen LogP contribution in [0.5, 0.6) is 5.75 Å². The molecule has 1 unspecified atom stereocenters. The summed E-state index contributed by atoms with van der Waals surface area (Å²) >= 11 is 0. The van der Waals surface area contributed by atoms with Crippen molar-refractivity contribution in [2.45, 2.75) is 31.7 Å². The number of rotatable bonds is 5. The maximum atomic E-state index is 12.7. The Labute approximate surface area is 137 Å². The molecule has 0 bridgehead atoms. The second-order valence-corrected chi connectivity index (χ2v) is 5.81. The zero-order chi connectivity index (χ0) is 16.1. The van der Waals surface area contributed by atoms with Crippen molar-refractivity contribution < 1.29 is 9.53 Å². The van der Waals surface area contributed by atoms with Gasteiger partial charge in [-0.05, 0) is 37.5 Å². The summed E-state index contributed by atoms with van der Waals surface area (Å²) in [5, 5.41) is 0. The lowest BCUT2D eigenvalue weighted by molar-refractivity contribution is -0.132. The summed E-state index contributed by atoms with van der Waals surface area (Å²) in [4.78, 5) is 19.0. The molecule has 1 atom stereocenters. The second-order valence-electron chi connectivity index (χ2n) is 5.81. The number of carbonyl (C=O) groups is 1. The predicted octanol–water partition coefficient (Wildman–Crippen LogP) is 3.39. The summed E-state index contributed by atoms with van der Waals surface area (Å²) in [6.07, 6.45) is 5.00. The lowest BCUT2D eigenvalue weighted by atomic mass is 10.0. The third kappa shape index (κ3) is 3.52. The fourth-order valence-electron chi connectivity index (χ4n) is 3.25. The molecular weight excluding hydrogens is 288 g/mol. The second kappa shape index (κ2) is 7.27. The van der Waals surface area contributed by atoms with Crippen molar-refractivity contribution >= 4 is 5.91 Å². The zero-order valence-corrected chi connectivity index (χ0v) is 13.4. The van der Waals surface area contributed by atoms with Crippen molar-refractivity contribution in [1.82, 2.24) is 9.88 Å². The quantitative estimate of drug-likeness (QED) is 0.850. The van der Waals surface area contributed by atoms with Gasteiger partial charge in [0.25, 0.3) is 0 Å². The molecule has 1 amide bonds. The van der Waals surface area contributed by atoms with Crippen LogP contribution in [0, 0.1) is 0 Å². The first-order valence-corrected chi connectivity index (χ1v) is 8.12. The van der Waals surface area contributed by atoms with Crippen molar-refractivity contribution in [2.24, 2.45) is 0 Å². The number of hydrogen-bond donors (Lipinski definition) is 0. The number of benzene rings is 1. The van der Waals surface area contributed by atoms with Crippen LogP contribution in [-0.4, -0.2) is 29.4 Å². The summed E-state index contributed by atoms with van der Waals surface area (Å²) in [7, 11) is 1.68. The molecule has 1 aliphatic rings. The van der Waals surface area contributed by atoms with E-state index in [1.807, 2.05) is 41.3 Å². The molecule has 0 N–H and O–H groups in total. The number of aromatic nitrogens is 1. The van der Waals surface area contributed by atoms with Crippen LogP contribution in [0.4, 0.5) is 0 Å². The predicted molar refractivity (Wildman–Crippen MR) is 89.2 cm³/mol. The van der Waals surface area contributed by atoms with Gasteiger partial charge in [-0.25, -0.2) is 0 Å². The molecule has 1 saturated heterocycles. The molecule has 0 aliphatic carbocycles. The average Bonchev–Trinajstić information content (AvgIpc) is 3.10. The van der Waals surface area contributed by atoms with Gasteiger partial charge in [0.15, 0.2) is 0 Å². The van der Waals surface area contributed by atoms with Crippen molar-refractivity contribution in [3.05, 3.63) is 59.9 Å². The Morgan fingerprint density at radius 3 is 2.87 bits per heavy atom. The van der Waals surface area contributed by atoms with Gasteiger partial charge in [-0.1, -0.05) is 24.3 Å². The van der Waals surface area contributed by atoms with Crippen molar-refractivity contribution in [3.63, 3.8) is 0 Å². The van der Waals surface area contributed by atoms with E-state index in [0.29, 0.717) is 12.8 Å². The Bertz CT molecular complexity index is 657. The summed E-state index contributed by atoms with van der Waals surface area (Å²) in [6, 6.07) is 13.9. The van der Waals surface area contributed by atoms with Gasteiger partial charge in [0.2, 0.25) is 5.91 Å². The highest BCUT2D eigenvalue weighted by Crippen LogP contribution is 2.37. The van der Waals surface area contributed by atoms with E-state index in [1.54, 1.807) is 13.3 Å². The number of aryl methyl sites for hydroxylation is 1. The molecule has 1 aromatic heterocycles. The van der Waals surface area contributed by atoms with E-state index in [-0.39, 0.29) is 11.9 Å². The monoisotopic (exact) mass is 310 g/mol. The summed E-state index contributed by atoms with van der Waals surface area (Å²) in [5.41, 5.74) is 2.08. The fourth-order valence-corrected chi connectivity index (χ4v) is 3.25. The maximum absolute atomic E-state index is 12.7. The number of carbonyl (C=O) groups excluding carboxylic acids is 1. The molecule has 2 heterocycles. The Morgan fingerprint density at radius 2 is 2.09 bits per heavy atom. The number of para-hydroxylation sites is 1. The molecule has 0 spiro atoms. The number of hydrogen-bond acceptors (Lipinski definition) is 3. The smallest absolute Gasteiger partial charge is 0.223 e. The van der Waals surface area contributed by atoms with Crippen LogP contribution in [0.2, 0.25) is 0 Å². The van der Waals surface area contributed by atoms with Gasteiger partial charge in [0, 0.05) is 30.4 Å². The molecule has 1 aromatic carbocycles. The van der Waals surface area contributed by atoms with Crippen LogP contribution < -0.4 is 4.74 Å². The molecule has 4 nitrogen and oxygen atoms in total. The van der Waals surface area contributed by atoms with E-state index >= 15 is 0 Å². The largest absolute Gasteiger partial charge is 0.496 e. The molecule has 2 aromatic rings. The Hall–Kier alpha value is -2.36. The molecule has 0 radical (unpaired) electrons. The van der Waals surface area contributed by atoms with E-state index < -0.39 is 0 Å². The number of likely N-dealkylation sites (tertiary alicyclic amines) is 1. The zero-order valence-electron chi connectivity index (χ0n) is 13.4. The lowest BCUT2D eigenvalue weighted by Gasteiger charge is -2.26. The third-order valence-electron chi connectivity index (χ3n) is 4.39. The minimum absolute atomic E-state index is 0.127. The summed E-state index contributed by atoms with van der Waals surface area (Å²) in [6.45, 7) is 0.823. The van der Waals surface area contributed by atoms with Crippen LogP contribution in [0.1, 0.15) is 36.6 Å². The van der Waals surface area contributed by atoms with E-state index in [4.69, 9.17) is 4.74 Å².